The quantitative estimate of drug-likeness (QED) is 0.798. The SMILES string of the molecule is Cc1cc(C)c(C(=O)CC(CN)CC(C)C)c(F)c1. The monoisotopic (exact) mass is 265 g/mol. The van der Waals surface area contributed by atoms with Crippen molar-refractivity contribution in [1.82, 2.24) is 0 Å². The second kappa shape index (κ2) is 6.80. The number of Topliss-reactive ketones (excluding diaryl/α,β-unsaturated/α-hetero) is 1. The van der Waals surface area contributed by atoms with Gasteiger partial charge in [-0.3, -0.25) is 4.79 Å². The van der Waals surface area contributed by atoms with Gasteiger partial charge in [0.15, 0.2) is 5.78 Å². The van der Waals surface area contributed by atoms with Gasteiger partial charge in [-0.1, -0.05) is 19.9 Å². The molecule has 0 bridgehead atoms. The molecule has 0 heterocycles. The Hall–Kier alpha value is -1.22. The molecule has 0 aromatic heterocycles. The summed E-state index contributed by atoms with van der Waals surface area (Å²) >= 11 is 0. The van der Waals surface area contributed by atoms with Crippen molar-refractivity contribution >= 4 is 5.78 Å². The molecule has 2 nitrogen and oxygen atoms in total. The summed E-state index contributed by atoms with van der Waals surface area (Å²) in [6.07, 6.45) is 1.23. The molecule has 1 unspecified atom stereocenters. The number of benzene rings is 1. The minimum atomic E-state index is -0.414. The van der Waals surface area contributed by atoms with E-state index in [2.05, 4.69) is 13.8 Å². The number of carbonyl (C=O) groups excluding carboxylic acids is 1. The maximum Gasteiger partial charge on any atom is 0.166 e. The zero-order valence-corrected chi connectivity index (χ0v) is 12.3. The van der Waals surface area contributed by atoms with Crippen LogP contribution in [0.5, 0.6) is 0 Å². The van der Waals surface area contributed by atoms with Crippen molar-refractivity contribution in [3.63, 3.8) is 0 Å². The van der Waals surface area contributed by atoms with Crippen molar-refractivity contribution in [1.29, 1.82) is 0 Å². The number of halogens is 1. The molecule has 0 saturated heterocycles. The molecule has 19 heavy (non-hydrogen) atoms. The molecule has 2 N–H and O–H groups in total. The Labute approximate surface area is 115 Å². The fourth-order valence-electron chi connectivity index (χ4n) is 2.56. The lowest BCUT2D eigenvalue weighted by Crippen LogP contribution is -2.21. The molecule has 0 fully saturated rings. The maximum absolute atomic E-state index is 13.9. The molecule has 0 radical (unpaired) electrons. The van der Waals surface area contributed by atoms with Gasteiger partial charge >= 0.3 is 0 Å². The molecule has 3 heteroatoms. The van der Waals surface area contributed by atoms with Gasteiger partial charge in [-0.05, 0) is 55.8 Å². The first-order chi connectivity index (χ1) is 8.85. The second-order valence-electron chi connectivity index (χ2n) is 5.80. The van der Waals surface area contributed by atoms with Gasteiger partial charge in [0.2, 0.25) is 0 Å². The van der Waals surface area contributed by atoms with E-state index < -0.39 is 5.82 Å². The van der Waals surface area contributed by atoms with E-state index in [0.29, 0.717) is 24.4 Å². The fraction of sp³-hybridized carbons (Fsp3) is 0.562. The third-order valence-corrected chi connectivity index (χ3v) is 3.32. The second-order valence-corrected chi connectivity index (χ2v) is 5.80. The van der Waals surface area contributed by atoms with E-state index in [1.54, 1.807) is 6.92 Å². The molecular formula is C16H24FNO. The number of carbonyl (C=O) groups is 1. The van der Waals surface area contributed by atoms with Crippen LogP contribution in [0.3, 0.4) is 0 Å². The van der Waals surface area contributed by atoms with Crippen molar-refractivity contribution in [3.8, 4) is 0 Å². The summed E-state index contributed by atoms with van der Waals surface area (Å²) < 4.78 is 13.9. The van der Waals surface area contributed by atoms with E-state index >= 15 is 0 Å². The number of ketones is 1. The molecule has 106 valence electrons. The molecule has 0 amide bonds. The topological polar surface area (TPSA) is 43.1 Å². The normalized spacial score (nSPS) is 12.8. The van der Waals surface area contributed by atoms with Crippen molar-refractivity contribution in [3.05, 3.63) is 34.6 Å². The summed E-state index contributed by atoms with van der Waals surface area (Å²) in [5, 5.41) is 0. The molecule has 1 aromatic carbocycles. The highest BCUT2D eigenvalue weighted by Crippen LogP contribution is 2.22. The standard InChI is InChI=1S/C16H24FNO/c1-10(2)5-13(9-18)8-15(19)16-12(4)6-11(3)7-14(16)17/h6-7,10,13H,5,8-9,18H2,1-4H3. The van der Waals surface area contributed by atoms with Gasteiger partial charge in [-0.2, -0.15) is 0 Å². The molecule has 0 saturated carbocycles. The molecular weight excluding hydrogens is 241 g/mol. The summed E-state index contributed by atoms with van der Waals surface area (Å²) in [6, 6.07) is 3.26. The van der Waals surface area contributed by atoms with Crippen LogP contribution in [0.25, 0.3) is 0 Å². The van der Waals surface area contributed by atoms with Gasteiger partial charge in [-0.15, -0.1) is 0 Å². The summed E-state index contributed by atoms with van der Waals surface area (Å²) in [4.78, 5) is 12.3. The number of aryl methyl sites for hydroxylation is 2. The number of hydrogen-bond donors (Lipinski definition) is 1. The molecule has 0 aliphatic rings. The van der Waals surface area contributed by atoms with Crippen LogP contribution in [0.1, 0.15) is 48.2 Å². The predicted molar refractivity (Wildman–Crippen MR) is 76.8 cm³/mol. The highest BCUT2D eigenvalue weighted by Gasteiger charge is 2.20. The van der Waals surface area contributed by atoms with Crippen molar-refractivity contribution in [2.24, 2.45) is 17.6 Å². The molecule has 1 aromatic rings. The van der Waals surface area contributed by atoms with Gasteiger partial charge < -0.3 is 5.73 Å². The summed E-state index contributed by atoms with van der Waals surface area (Å²) in [5.41, 5.74) is 7.48. The smallest absolute Gasteiger partial charge is 0.166 e. The third kappa shape index (κ3) is 4.43. The first kappa shape index (κ1) is 15.8. The van der Waals surface area contributed by atoms with Gasteiger partial charge in [-0.25, -0.2) is 4.39 Å². The average Bonchev–Trinajstić information content (AvgIpc) is 2.25. The lowest BCUT2D eigenvalue weighted by molar-refractivity contribution is 0.0953. The summed E-state index contributed by atoms with van der Waals surface area (Å²) in [5.74, 6) is 0.0758. The van der Waals surface area contributed by atoms with Crippen LogP contribution in [0.2, 0.25) is 0 Å². The van der Waals surface area contributed by atoms with E-state index in [0.717, 1.165) is 12.0 Å². The van der Waals surface area contributed by atoms with Gasteiger partial charge in [0.1, 0.15) is 5.82 Å². The van der Waals surface area contributed by atoms with Gasteiger partial charge in [0.25, 0.3) is 0 Å². The number of hydrogen-bond acceptors (Lipinski definition) is 2. The van der Waals surface area contributed by atoms with E-state index in [1.165, 1.54) is 6.07 Å². The predicted octanol–water partition coefficient (Wildman–Crippen LogP) is 3.64. The maximum atomic E-state index is 13.9. The Kier molecular flexibility index (Phi) is 5.67. The zero-order chi connectivity index (χ0) is 14.6. The first-order valence-electron chi connectivity index (χ1n) is 6.85. The highest BCUT2D eigenvalue weighted by atomic mass is 19.1. The Morgan fingerprint density at radius 1 is 1.32 bits per heavy atom. The molecule has 0 aliphatic heterocycles. The van der Waals surface area contributed by atoms with Gasteiger partial charge in [0, 0.05) is 6.42 Å². The molecule has 0 aliphatic carbocycles. The van der Waals surface area contributed by atoms with Crippen LogP contribution >= 0.6 is 0 Å². The fourth-order valence-corrected chi connectivity index (χ4v) is 2.56. The molecule has 1 atom stereocenters. The Balaban J connectivity index is 2.89. The lowest BCUT2D eigenvalue weighted by Gasteiger charge is -2.17. The van der Waals surface area contributed by atoms with Crippen LogP contribution < -0.4 is 5.73 Å². The zero-order valence-electron chi connectivity index (χ0n) is 12.3. The van der Waals surface area contributed by atoms with Gasteiger partial charge in [0.05, 0.1) is 5.56 Å². The third-order valence-electron chi connectivity index (χ3n) is 3.32. The highest BCUT2D eigenvalue weighted by molar-refractivity contribution is 5.97. The van der Waals surface area contributed by atoms with E-state index in [9.17, 15) is 9.18 Å². The van der Waals surface area contributed by atoms with Crippen LogP contribution in [-0.2, 0) is 0 Å². The van der Waals surface area contributed by atoms with Crippen molar-refractivity contribution in [2.45, 2.75) is 40.5 Å². The van der Waals surface area contributed by atoms with Crippen LogP contribution in [-0.4, -0.2) is 12.3 Å². The number of nitrogens with two attached hydrogens (primary N) is 1. The van der Waals surface area contributed by atoms with Crippen LogP contribution in [0, 0.1) is 31.5 Å². The Morgan fingerprint density at radius 2 is 1.95 bits per heavy atom. The summed E-state index contributed by atoms with van der Waals surface area (Å²) in [6.45, 7) is 8.28. The van der Waals surface area contributed by atoms with E-state index in [1.807, 2.05) is 13.0 Å². The first-order valence-corrected chi connectivity index (χ1v) is 6.85. The number of rotatable bonds is 6. The minimum Gasteiger partial charge on any atom is -0.330 e. The van der Waals surface area contributed by atoms with Crippen molar-refractivity contribution < 1.29 is 9.18 Å². The largest absolute Gasteiger partial charge is 0.330 e. The molecule has 1 rings (SSSR count). The Bertz CT molecular complexity index is 431. The van der Waals surface area contributed by atoms with Crippen LogP contribution in [0.15, 0.2) is 12.1 Å². The van der Waals surface area contributed by atoms with Crippen LogP contribution in [0.4, 0.5) is 4.39 Å². The van der Waals surface area contributed by atoms with E-state index in [4.69, 9.17) is 5.73 Å². The molecule has 0 spiro atoms. The van der Waals surface area contributed by atoms with E-state index in [-0.39, 0.29) is 17.3 Å². The average molecular weight is 265 g/mol. The summed E-state index contributed by atoms with van der Waals surface area (Å²) in [7, 11) is 0. The van der Waals surface area contributed by atoms with Crippen molar-refractivity contribution in [2.75, 3.05) is 6.54 Å². The Morgan fingerprint density at radius 3 is 2.42 bits per heavy atom. The lowest BCUT2D eigenvalue weighted by atomic mass is 9.89. The minimum absolute atomic E-state index is 0.132.